The maximum atomic E-state index is 11.8. The Labute approximate surface area is 119 Å². The van der Waals surface area contributed by atoms with Gasteiger partial charge in [-0.05, 0) is 36.1 Å². The van der Waals surface area contributed by atoms with E-state index in [2.05, 4.69) is 17.4 Å². The van der Waals surface area contributed by atoms with Gasteiger partial charge < -0.3 is 5.32 Å². The molecule has 1 aliphatic rings. The predicted molar refractivity (Wildman–Crippen MR) is 80.8 cm³/mol. The minimum atomic E-state index is -3.21. The van der Waals surface area contributed by atoms with Crippen LogP contribution in [-0.4, -0.2) is 20.7 Å². The molecule has 0 aromatic heterocycles. The molecule has 0 saturated carbocycles. The van der Waals surface area contributed by atoms with Gasteiger partial charge in [-0.15, -0.1) is 0 Å². The number of anilines is 1. The van der Waals surface area contributed by atoms with Gasteiger partial charge in [0, 0.05) is 12.3 Å². The summed E-state index contributed by atoms with van der Waals surface area (Å²) in [5.74, 6) is 0. The molecule has 0 radical (unpaired) electrons. The molecule has 0 fully saturated rings. The van der Waals surface area contributed by atoms with Gasteiger partial charge in [-0.2, -0.15) is 0 Å². The molecule has 1 aliphatic carbocycles. The topological polar surface area (TPSA) is 46.2 Å². The number of nitrogens with one attached hydrogen (secondary N) is 1. The fourth-order valence-corrected chi connectivity index (χ4v) is 3.64. The van der Waals surface area contributed by atoms with Gasteiger partial charge in [0.1, 0.15) is 0 Å². The largest absolute Gasteiger partial charge is 0.381 e. The van der Waals surface area contributed by atoms with E-state index in [1.54, 1.807) is 12.1 Å². The molecule has 0 unspecified atom stereocenters. The summed E-state index contributed by atoms with van der Waals surface area (Å²) in [5, 5.41) is 3.38. The van der Waals surface area contributed by atoms with Crippen LogP contribution in [0.25, 0.3) is 0 Å². The van der Waals surface area contributed by atoms with Crippen molar-refractivity contribution in [1.29, 1.82) is 0 Å². The Kier molecular flexibility index (Phi) is 3.26. The summed E-state index contributed by atoms with van der Waals surface area (Å²) in [7, 11) is -3.21. The molecular formula is C16H17NO2S. The van der Waals surface area contributed by atoms with Crippen molar-refractivity contribution >= 4 is 15.5 Å². The third-order valence-electron chi connectivity index (χ3n) is 3.70. The molecule has 20 heavy (non-hydrogen) atoms. The van der Waals surface area contributed by atoms with E-state index in [1.807, 2.05) is 24.3 Å². The number of benzene rings is 2. The lowest BCUT2D eigenvalue weighted by Crippen LogP contribution is -2.20. The van der Waals surface area contributed by atoms with Crippen LogP contribution in [0.5, 0.6) is 0 Å². The van der Waals surface area contributed by atoms with Gasteiger partial charge in [0.05, 0.1) is 10.6 Å². The smallest absolute Gasteiger partial charge is 0.177 e. The Bertz CT molecular complexity index is 713. The normalized spacial score (nSPS) is 15.1. The van der Waals surface area contributed by atoms with E-state index in [0.29, 0.717) is 10.6 Å². The molecule has 0 bridgehead atoms. The zero-order valence-electron chi connectivity index (χ0n) is 11.3. The second-order valence-electron chi connectivity index (χ2n) is 5.29. The van der Waals surface area contributed by atoms with Crippen molar-refractivity contribution in [3.05, 3.63) is 59.7 Å². The quantitative estimate of drug-likeness (QED) is 0.944. The number of hydrogen-bond acceptors (Lipinski definition) is 3. The van der Waals surface area contributed by atoms with Gasteiger partial charge >= 0.3 is 0 Å². The highest BCUT2D eigenvalue weighted by Gasteiger charge is 2.22. The SMILES string of the molecule is CS(=O)(=O)c1ccccc1NC1Cc2ccccc2C1. The summed E-state index contributed by atoms with van der Waals surface area (Å²) in [6.07, 6.45) is 3.12. The molecule has 3 nitrogen and oxygen atoms in total. The van der Waals surface area contributed by atoms with E-state index in [0.717, 1.165) is 12.8 Å². The Hall–Kier alpha value is -1.81. The molecule has 1 N–H and O–H groups in total. The molecular weight excluding hydrogens is 270 g/mol. The minimum absolute atomic E-state index is 0.260. The molecule has 0 amide bonds. The van der Waals surface area contributed by atoms with Gasteiger partial charge in [0.15, 0.2) is 9.84 Å². The highest BCUT2D eigenvalue weighted by Crippen LogP contribution is 2.27. The lowest BCUT2D eigenvalue weighted by Gasteiger charge is -2.16. The van der Waals surface area contributed by atoms with Gasteiger partial charge in [-0.25, -0.2) is 8.42 Å². The number of sulfone groups is 1. The van der Waals surface area contributed by atoms with Crippen LogP contribution in [0.1, 0.15) is 11.1 Å². The molecule has 0 spiro atoms. The van der Waals surface area contributed by atoms with E-state index < -0.39 is 9.84 Å². The number of para-hydroxylation sites is 1. The molecule has 2 aromatic carbocycles. The minimum Gasteiger partial charge on any atom is -0.381 e. The van der Waals surface area contributed by atoms with Crippen LogP contribution >= 0.6 is 0 Å². The average molecular weight is 287 g/mol. The summed E-state index contributed by atoms with van der Waals surface area (Å²) >= 11 is 0. The first-order valence-corrected chi connectivity index (χ1v) is 8.55. The van der Waals surface area contributed by atoms with Crippen LogP contribution < -0.4 is 5.32 Å². The molecule has 0 atom stereocenters. The van der Waals surface area contributed by atoms with Crippen LogP contribution in [0.15, 0.2) is 53.4 Å². The van der Waals surface area contributed by atoms with Crippen molar-refractivity contribution < 1.29 is 8.42 Å². The number of hydrogen-bond donors (Lipinski definition) is 1. The lowest BCUT2D eigenvalue weighted by atomic mass is 10.1. The third-order valence-corrected chi connectivity index (χ3v) is 4.85. The summed E-state index contributed by atoms with van der Waals surface area (Å²) in [4.78, 5) is 0.371. The van der Waals surface area contributed by atoms with Crippen molar-refractivity contribution in [2.75, 3.05) is 11.6 Å². The maximum Gasteiger partial charge on any atom is 0.177 e. The zero-order chi connectivity index (χ0) is 14.2. The van der Waals surface area contributed by atoms with E-state index >= 15 is 0 Å². The standard InChI is InChI=1S/C16H17NO2S/c1-20(18,19)16-9-5-4-8-15(16)17-14-10-12-6-2-3-7-13(12)11-14/h2-9,14,17H,10-11H2,1H3. The maximum absolute atomic E-state index is 11.8. The zero-order valence-corrected chi connectivity index (χ0v) is 12.2. The Balaban J connectivity index is 1.85. The lowest BCUT2D eigenvalue weighted by molar-refractivity contribution is 0.602. The summed E-state index contributed by atoms with van der Waals surface area (Å²) < 4.78 is 23.6. The fraction of sp³-hybridized carbons (Fsp3) is 0.250. The molecule has 0 aliphatic heterocycles. The van der Waals surface area contributed by atoms with Crippen molar-refractivity contribution in [3.63, 3.8) is 0 Å². The van der Waals surface area contributed by atoms with Crippen molar-refractivity contribution in [3.8, 4) is 0 Å². The molecule has 0 saturated heterocycles. The van der Waals surface area contributed by atoms with Crippen molar-refractivity contribution in [2.45, 2.75) is 23.8 Å². The summed E-state index contributed by atoms with van der Waals surface area (Å²) in [5.41, 5.74) is 3.40. The van der Waals surface area contributed by atoms with E-state index in [1.165, 1.54) is 17.4 Å². The Morgan fingerprint density at radius 2 is 1.50 bits per heavy atom. The van der Waals surface area contributed by atoms with Crippen LogP contribution in [-0.2, 0) is 22.7 Å². The van der Waals surface area contributed by atoms with Crippen molar-refractivity contribution in [2.24, 2.45) is 0 Å². The first kappa shape index (κ1) is 13.2. The van der Waals surface area contributed by atoms with Gasteiger partial charge in [0.2, 0.25) is 0 Å². The summed E-state index contributed by atoms with van der Waals surface area (Å²) in [6, 6.07) is 15.7. The second kappa shape index (κ2) is 4.94. The molecule has 104 valence electrons. The first-order valence-electron chi connectivity index (χ1n) is 6.66. The molecule has 3 rings (SSSR count). The van der Waals surface area contributed by atoms with Crippen LogP contribution in [0, 0.1) is 0 Å². The van der Waals surface area contributed by atoms with Crippen LogP contribution in [0.3, 0.4) is 0 Å². The van der Waals surface area contributed by atoms with Crippen molar-refractivity contribution in [1.82, 2.24) is 0 Å². The molecule has 4 heteroatoms. The molecule has 2 aromatic rings. The second-order valence-corrected chi connectivity index (χ2v) is 7.27. The summed E-state index contributed by atoms with van der Waals surface area (Å²) in [6.45, 7) is 0. The van der Waals surface area contributed by atoms with Crippen LogP contribution in [0.4, 0.5) is 5.69 Å². The van der Waals surface area contributed by atoms with E-state index in [-0.39, 0.29) is 6.04 Å². The van der Waals surface area contributed by atoms with Crippen LogP contribution in [0.2, 0.25) is 0 Å². The van der Waals surface area contributed by atoms with Gasteiger partial charge in [-0.3, -0.25) is 0 Å². The van der Waals surface area contributed by atoms with E-state index in [9.17, 15) is 8.42 Å². The highest BCUT2D eigenvalue weighted by atomic mass is 32.2. The van der Waals surface area contributed by atoms with Gasteiger partial charge in [0.25, 0.3) is 0 Å². The Morgan fingerprint density at radius 1 is 0.950 bits per heavy atom. The predicted octanol–water partition coefficient (Wildman–Crippen LogP) is 2.67. The monoisotopic (exact) mass is 287 g/mol. The highest BCUT2D eigenvalue weighted by molar-refractivity contribution is 7.90. The number of rotatable bonds is 3. The first-order chi connectivity index (χ1) is 9.54. The van der Waals surface area contributed by atoms with Gasteiger partial charge in [-0.1, -0.05) is 36.4 Å². The number of fused-ring (bicyclic) bond motifs is 1. The van der Waals surface area contributed by atoms with E-state index in [4.69, 9.17) is 0 Å². The third kappa shape index (κ3) is 2.56. The Morgan fingerprint density at radius 3 is 2.10 bits per heavy atom. The average Bonchev–Trinajstić information content (AvgIpc) is 2.80. The molecule has 0 heterocycles. The fourth-order valence-electron chi connectivity index (χ4n) is 2.79.